The molecule has 0 unspecified atom stereocenters. The second-order valence-corrected chi connectivity index (χ2v) is 5.64. The number of benzene rings is 1. The Balaban J connectivity index is 1.76. The third-order valence-electron chi connectivity index (χ3n) is 4.02. The molecule has 0 aliphatic carbocycles. The Morgan fingerprint density at radius 3 is 2.91 bits per heavy atom. The van der Waals surface area contributed by atoms with Crippen LogP contribution >= 0.6 is 0 Å². The van der Waals surface area contributed by atoms with Crippen LogP contribution in [0.5, 0.6) is 5.75 Å². The van der Waals surface area contributed by atoms with Gasteiger partial charge >= 0.3 is 0 Å². The van der Waals surface area contributed by atoms with Gasteiger partial charge < -0.3 is 15.2 Å². The lowest BCUT2D eigenvalue weighted by molar-refractivity contribution is 0.217. The molecule has 1 aromatic heterocycles. The van der Waals surface area contributed by atoms with Crippen molar-refractivity contribution in [2.75, 3.05) is 19.8 Å². The van der Waals surface area contributed by atoms with Crippen molar-refractivity contribution in [3.8, 4) is 16.9 Å². The van der Waals surface area contributed by atoms with Gasteiger partial charge in [0, 0.05) is 24.4 Å². The maximum Gasteiger partial charge on any atom is 0.138 e. The molecule has 2 aromatic rings. The number of hydrogen-bond donors (Lipinski definition) is 2. The van der Waals surface area contributed by atoms with E-state index >= 15 is 0 Å². The van der Waals surface area contributed by atoms with Gasteiger partial charge in [-0.3, -0.25) is 4.98 Å². The number of nitrogens with zero attached hydrogens (tertiary/aromatic N) is 1. The van der Waals surface area contributed by atoms with E-state index in [1.165, 1.54) is 12.0 Å². The normalized spacial score (nSPS) is 17.0. The van der Waals surface area contributed by atoms with Gasteiger partial charge in [-0.1, -0.05) is 24.3 Å². The highest BCUT2D eigenvalue weighted by atomic mass is 16.5. The van der Waals surface area contributed by atoms with Gasteiger partial charge in [0.1, 0.15) is 12.4 Å². The minimum absolute atomic E-state index is 0.212. The van der Waals surface area contributed by atoms with Crippen molar-refractivity contribution in [3.05, 3.63) is 48.3 Å². The van der Waals surface area contributed by atoms with Gasteiger partial charge in [0.25, 0.3) is 0 Å². The summed E-state index contributed by atoms with van der Waals surface area (Å²) in [7, 11) is 0. The molecule has 3 rings (SSSR count). The second-order valence-electron chi connectivity index (χ2n) is 5.64. The third-order valence-corrected chi connectivity index (χ3v) is 4.02. The van der Waals surface area contributed by atoms with E-state index in [-0.39, 0.29) is 6.61 Å². The quantitative estimate of drug-likeness (QED) is 0.824. The molecular weight excluding hydrogens is 276 g/mol. The molecule has 22 heavy (non-hydrogen) atoms. The largest absolute Gasteiger partial charge is 0.490 e. The number of nitrogens with one attached hydrogen (secondary N) is 1. The molecule has 0 bridgehead atoms. The molecule has 0 saturated carbocycles. The zero-order chi connectivity index (χ0) is 15.2. The summed E-state index contributed by atoms with van der Waals surface area (Å²) in [6, 6.07) is 10.8. The molecule has 1 saturated heterocycles. The molecule has 1 aromatic carbocycles. The predicted molar refractivity (Wildman–Crippen MR) is 87.0 cm³/mol. The van der Waals surface area contributed by atoms with E-state index in [0.717, 1.165) is 36.3 Å². The van der Waals surface area contributed by atoms with Gasteiger partial charge in [-0.15, -0.1) is 0 Å². The van der Waals surface area contributed by atoms with Crippen molar-refractivity contribution in [2.45, 2.75) is 25.3 Å². The van der Waals surface area contributed by atoms with Crippen LogP contribution in [0.1, 0.15) is 18.4 Å². The number of aliphatic hydroxyl groups is 1. The van der Waals surface area contributed by atoms with Gasteiger partial charge in [0.05, 0.1) is 6.20 Å². The second kappa shape index (κ2) is 7.38. The number of rotatable bonds is 7. The summed E-state index contributed by atoms with van der Waals surface area (Å²) in [5.74, 6) is 0.808. The van der Waals surface area contributed by atoms with E-state index in [1.54, 1.807) is 6.20 Å². The van der Waals surface area contributed by atoms with Gasteiger partial charge in [0.2, 0.25) is 0 Å². The summed E-state index contributed by atoms with van der Waals surface area (Å²) in [5.41, 5.74) is 3.46. The maximum absolute atomic E-state index is 9.05. The van der Waals surface area contributed by atoms with Crippen LogP contribution in [0.2, 0.25) is 0 Å². The molecule has 2 heterocycles. The van der Waals surface area contributed by atoms with Crippen LogP contribution in [0, 0.1) is 0 Å². The van der Waals surface area contributed by atoms with Crippen LogP contribution in [-0.2, 0) is 6.42 Å². The number of aryl methyl sites for hydroxylation is 1. The molecule has 0 amide bonds. The highest BCUT2D eigenvalue weighted by Gasteiger charge is 2.16. The number of aliphatic hydroxyl groups excluding tert-OH is 1. The maximum atomic E-state index is 9.05. The van der Waals surface area contributed by atoms with Gasteiger partial charge in [-0.2, -0.15) is 0 Å². The first kappa shape index (κ1) is 15.0. The Morgan fingerprint density at radius 2 is 2.14 bits per heavy atom. The van der Waals surface area contributed by atoms with Crippen molar-refractivity contribution in [1.82, 2.24) is 10.3 Å². The van der Waals surface area contributed by atoms with Crippen molar-refractivity contribution < 1.29 is 9.84 Å². The van der Waals surface area contributed by atoms with Crippen LogP contribution in [0.3, 0.4) is 0 Å². The summed E-state index contributed by atoms with van der Waals surface area (Å²) in [4.78, 5) is 4.31. The van der Waals surface area contributed by atoms with Crippen molar-refractivity contribution >= 4 is 0 Å². The lowest BCUT2D eigenvalue weighted by Crippen LogP contribution is -2.46. The topological polar surface area (TPSA) is 54.4 Å². The fraction of sp³-hybridized carbons (Fsp3) is 0.389. The highest BCUT2D eigenvalue weighted by molar-refractivity contribution is 5.67. The average molecular weight is 298 g/mol. The smallest absolute Gasteiger partial charge is 0.138 e. The third kappa shape index (κ3) is 3.64. The van der Waals surface area contributed by atoms with Gasteiger partial charge in [0.15, 0.2) is 0 Å². The Kier molecular flexibility index (Phi) is 5.03. The SMILES string of the molecule is OCCCc1ccccc1-c1cncc(OC[C@@H]2CCN2)c1. The lowest BCUT2D eigenvalue weighted by atomic mass is 9.98. The summed E-state index contributed by atoms with van der Waals surface area (Å²) in [6.07, 6.45) is 6.44. The van der Waals surface area contributed by atoms with Crippen molar-refractivity contribution in [3.63, 3.8) is 0 Å². The van der Waals surface area contributed by atoms with Crippen LogP contribution < -0.4 is 10.1 Å². The average Bonchev–Trinajstić information content (AvgIpc) is 2.52. The molecule has 4 heteroatoms. The highest BCUT2D eigenvalue weighted by Crippen LogP contribution is 2.27. The molecular formula is C18H22N2O2. The Bertz CT molecular complexity index is 612. The number of aromatic nitrogens is 1. The first-order chi connectivity index (χ1) is 10.9. The van der Waals surface area contributed by atoms with Crippen LogP contribution in [0.4, 0.5) is 0 Å². The van der Waals surface area contributed by atoms with Gasteiger partial charge in [-0.25, -0.2) is 0 Å². The Labute approximate surface area is 131 Å². The molecule has 1 aliphatic heterocycles. The first-order valence-corrected chi connectivity index (χ1v) is 7.87. The van der Waals surface area contributed by atoms with E-state index in [4.69, 9.17) is 9.84 Å². The monoisotopic (exact) mass is 298 g/mol. The van der Waals surface area contributed by atoms with E-state index in [1.807, 2.05) is 24.4 Å². The van der Waals surface area contributed by atoms with E-state index in [2.05, 4.69) is 22.4 Å². The number of pyridine rings is 1. The summed E-state index contributed by atoms with van der Waals surface area (Å²) in [6.45, 7) is 1.99. The van der Waals surface area contributed by atoms with Crippen molar-refractivity contribution in [2.24, 2.45) is 0 Å². The molecule has 1 atom stereocenters. The standard InChI is InChI=1S/C18H22N2O2/c21-9-3-5-14-4-1-2-6-18(14)15-10-17(12-19-11-15)22-13-16-7-8-20-16/h1-2,4,6,10-12,16,20-21H,3,5,7-9,13H2/t16-/m0/s1. The van der Waals surface area contributed by atoms with Crippen LogP contribution in [0.25, 0.3) is 11.1 Å². The van der Waals surface area contributed by atoms with Gasteiger partial charge in [-0.05, 0) is 43.0 Å². The fourth-order valence-corrected chi connectivity index (χ4v) is 2.62. The predicted octanol–water partition coefficient (Wildman–Crippen LogP) is 2.41. The molecule has 1 aliphatic rings. The first-order valence-electron chi connectivity index (χ1n) is 7.87. The summed E-state index contributed by atoms with van der Waals surface area (Å²) >= 11 is 0. The summed E-state index contributed by atoms with van der Waals surface area (Å²) in [5, 5.41) is 12.4. The minimum Gasteiger partial charge on any atom is -0.490 e. The molecule has 0 radical (unpaired) electrons. The minimum atomic E-state index is 0.212. The van der Waals surface area contributed by atoms with Crippen molar-refractivity contribution in [1.29, 1.82) is 0 Å². The fourth-order valence-electron chi connectivity index (χ4n) is 2.62. The Morgan fingerprint density at radius 1 is 1.27 bits per heavy atom. The molecule has 0 spiro atoms. The zero-order valence-corrected chi connectivity index (χ0v) is 12.7. The van der Waals surface area contributed by atoms with E-state index in [9.17, 15) is 0 Å². The van der Waals surface area contributed by atoms with E-state index < -0.39 is 0 Å². The van der Waals surface area contributed by atoms with E-state index in [0.29, 0.717) is 12.6 Å². The Hall–Kier alpha value is -1.91. The molecule has 1 fully saturated rings. The zero-order valence-electron chi connectivity index (χ0n) is 12.7. The molecule has 4 nitrogen and oxygen atoms in total. The summed E-state index contributed by atoms with van der Waals surface area (Å²) < 4.78 is 5.83. The van der Waals surface area contributed by atoms with Crippen LogP contribution in [-0.4, -0.2) is 35.9 Å². The molecule has 116 valence electrons. The number of hydrogen-bond acceptors (Lipinski definition) is 4. The lowest BCUT2D eigenvalue weighted by Gasteiger charge is -2.27. The molecule has 2 N–H and O–H groups in total. The number of ether oxygens (including phenoxy) is 1. The van der Waals surface area contributed by atoms with Crippen LogP contribution in [0.15, 0.2) is 42.7 Å².